The summed E-state index contributed by atoms with van der Waals surface area (Å²) in [4.78, 5) is 20.7. The van der Waals surface area contributed by atoms with Crippen LogP contribution in [0.25, 0.3) is 0 Å². The normalized spacial score (nSPS) is 11.8. The number of hydrogen-bond acceptors (Lipinski definition) is 2. The van der Waals surface area contributed by atoms with E-state index in [1.165, 1.54) is 0 Å². The van der Waals surface area contributed by atoms with Crippen LogP contribution in [0.2, 0.25) is 0 Å². The van der Waals surface area contributed by atoms with E-state index in [0.717, 1.165) is 0 Å². The van der Waals surface area contributed by atoms with Crippen molar-refractivity contribution in [1.82, 2.24) is 0 Å². The third-order valence-corrected chi connectivity index (χ3v) is 2.01. The maximum atomic E-state index is 10.6. The molecule has 0 saturated heterocycles. The Morgan fingerprint density at radius 3 is 2.43 bits per heavy atom. The van der Waals surface area contributed by atoms with Crippen LogP contribution in [0.1, 0.15) is 18.4 Å². The lowest BCUT2D eigenvalue weighted by Gasteiger charge is -2.06. The standard InChI is InChI=1S/C10H11NO3/c1-7(10(13)14)8-2-4-9(5-3-8)11-6-12/h2-7H,1H3,(H,11,12)(H,13,14). The molecule has 0 heterocycles. The fourth-order valence-electron chi connectivity index (χ4n) is 1.08. The molecule has 0 bridgehead atoms. The summed E-state index contributed by atoms with van der Waals surface area (Å²) >= 11 is 0. The lowest BCUT2D eigenvalue weighted by Crippen LogP contribution is -2.07. The van der Waals surface area contributed by atoms with Gasteiger partial charge in [-0.2, -0.15) is 0 Å². The number of aliphatic carboxylic acids is 1. The summed E-state index contributed by atoms with van der Waals surface area (Å²) in [6.45, 7) is 1.62. The number of carbonyl (C=O) groups is 2. The van der Waals surface area contributed by atoms with Crippen molar-refractivity contribution in [3.63, 3.8) is 0 Å². The number of carboxylic acids is 1. The summed E-state index contributed by atoms with van der Waals surface area (Å²) in [7, 11) is 0. The molecule has 0 aliphatic rings. The van der Waals surface area contributed by atoms with Crippen LogP contribution in [0.5, 0.6) is 0 Å². The number of nitrogens with one attached hydrogen (secondary N) is 1. The predicted octanol–water partition coefficient (Wildman–Crippen LogP) is 1.44. The lowest BCUT2D eigenvalue weighted by molar-refractivity contribution is -0.138. The third-order valence-electron chi connectivity index (χ3n) is 2.01. The molecule has 74 valence electrons. The molecule has 2 N–H and O–H groups in total. The topological polar surface area (TPSA) is 66.4 Å². The van der Waals surface area contributed by atoms with Crippen LogP contribution in [-0.4, -0.2) is 17.5 Å². The van der Waals surface area contributed by atoms with Crippen molar-refractivity contribution in [3.05, 3.63) is 29.8 Å². The van der Waals surface area contributed by atoms with E-state index >= 15 is 0 Å². The molecule has 0 aliphatic carbocycles. The van der Waals surface area contributed by atoms with Gasteiger partial charge in [0.25, 0.3) is 0 Å². The molecule has 1 amide bonds. The van der Waals surface area contributed by atoms with Gasteiger partial charge in [0.15, 0.2) is 0 Å². The molecule has 0 spiro atoms. The molecular formula is C10H11NO3. The van der Waals surface area contributed by atoms with Crippen LogP contribution < -0.4 is 5.32 Å². The smallest absolute Gasteiger partial charge is 0.310 e. The van der Waals surface area contributed by atoms with E-state index in [0.29, 0.717) is 17.7 Å². The number of hydrogen-bond donors (Lipinski definition) is 2. The van der Waals surface area contributed by atoms with Crippen LogP contribution in [0.15, 0.2) is 24.3 Å². The van der Waals surface area contributed by atoms with Gasteiger partial charge < -0.3 is 10.4 Å². The molecule has 0 radical (unpaired) electrons. The minimum atomic E-state index is -0.860. The second-order valence-electron chi connectivity index (χ2n) is 2.94. The maximum Gasteiger partial charge on any atom is 0.310 e. The van der Waals surface area contributed by atoms with Gasteiger partial charge in [-0.05, 0) is 24.6 Å². The summed E-state index contributed by atoms with van der Waals surface area (Å²) < 4.78 is 0. The molecule has 4 heteroatoms. The number of amides is 1. The highest BCUT2D eigenvalue weighted by Gasteiger charge is 2.12. The highest BCUT2D eigenvalue weighted by Crippen LogP contribution is 2.17. The lowest BCUT2D eigenvalue weighted by atomic mass is 10.0. The third kappa shape index (κ3) is 2.32. The number of carbonyl (C=O) groups excluding carboxylic acids is 1. The molecule has 0 saturated carbocycles. The molecule has 1 rings (SSSR count). The summed E-state index contributed by atoms with van der Waals surface area (Å²) in [5, 5.41) is 11.2. The van der Waals surface area contributed by atoms with Crippen molar-refractivity contribution in [2.24, 2.45) is 0 Å². The first kappa shape index (κ1) is 10.2. The van der Waals surface area contributed by atoms with Crippen LogP contribution in [-0.2, 0) is 9.59 Å². The number of benzene rings is 1. The SMILES string of the molecule is CC(C(=O)O)c1ccc(NC=O)cc1. The van der Waals surface area contributed by atoms with Crippen LogP contribution >= 0.6 is 0 Å². The largest absolute Gasteiger partial charge is 0.481 e. The summed E-state index contributed by atoms with van der Waals surface area (Å²) in [5.74, 6) is -1.39. The van der Waals surface area contributed by atoms with Crippen LogP contribution in [0.4, 0.5) is 5.69 Å². The fourth-order valence-corrected chi connectivity index (χ4v) is 1.08. The van der Waals surface area contributed by atoms with Gasteiger partial charge >= 0.3 is 5.97 Å². The Kier molecular flexibility index (Phi) is 3.23. The summed E-state index contributed by atoms with van der Waals surface area (Å²) in [6, 6.07) is 6.71. The van der Waals surface area contributed by atoms with E-state index in [9.17, 15) is 9.59 Å². The number of anilines is 1. The van der Waals surface area contributed by atoms with E-state index in [1.54, 1.807) is 31.2 Å². The monoisotopic (exact) mass is 193 g/mol. The zero-order chi connectivity index (χ0) is 10.6. The van der Waals surface area contributed by atoms with Gasteiger partial charge in [0.2, 0.25) is 6.41 Å². The molecule has 14 heavy (non-hydrogen) atoms. The zero-order valence-electron chi connectivity index (χ0n) is 7.73. The molecule has 0 aliphatic heterocycles. The van der Waals surface area contributed by atoms with Crippen molar-refractivity contribution in [1.29, 1.82) is 0 Å². The minimum absolute atomic E-state index is 0.528. The van der Waals surface area contributed by atoms with Gasteiger partial charge in [-0.15, -0.1) is 0 Å². The summed E-state index contributed by atoms with van der Waals surface area (Å²) in [5.41, 5.74) is 1.37. The second-order valence-corrected chi connectivity index (χ2v) is 2.94. The Morgan fingerprint density at radius 2 is 2.00 bits per heavy atom. The van der Waals surface area contributed by atoms with E-state index in [2.05, 4.69) is 5.32 Å². The first-order chi connectivity index (χ1) is 6.65. The van der Waals surface area contributed by atoms with Crippen LogP contribution in [0.3, 0.4) is 0 Å². The fraction of sp³-hybridized carbons (Fsp3) is 0.200. The summed E-state index contributed by atoms with van der Waals surface area (Å²) in [6.07, 6.45) is 0.579. The zero-order valence-corrected chi connectivity index (χ0v) is 7.73. The van der Waals surface area contributed by atoms with Gasteiger partial charge in [-0.3, -0.25) is 9.59 Å². The van der Waals surface area contributed by atoms with Crippen molar-refractivity contribution >= 4 is 18.1 Å². The Morgan fingerprint density at radius 1 is 1.43 bits per heavy atom. The molecule has 0 fully saturated rings. The van der Waals surface area contributed by atoms with Gasteiger partial charge in [0.1, 0.15) is 0 Å². The minimum Gasteiger partial charge on any atom is -0.481 e. The highest BCUT2D eigenvalue weighted by atomic mass is 16.4. The maximum absolute atomic E-state index is 10.6. The van der Waals surface area contributed by atoms with E-state index in [1.807, 2.05) is 0 Å². The van der Waals surface area contributed by atoms with E-state index < -0.39 is 11.9 Å². The van der Waals surface area contributed by atoms with Crippen molar-refractivity contribution in [2.45, 2.75) is 12.8 Å². The van der Waals surface area contributed by atoms with Gasteiger partial charge in [0, 0.05) is 5.69 Å². The number of rotatable bonds is 4. The van der Waals surface area contributed by atoms with Gasteiger partial charge in [-0.1, -0.05) is 12.1 Å². The Labute approximate surface area is 81.6 Å². The first-order valence-corrected chi connectivity index (χ1v) is 4.18. The van der Waals surface area contributed by atoms with E-state index in [-0.39, 0.29) is 0 Å². The molecule has 1 aromatic carbocycles. The molecule has 0 aromatic heterocycles. The first-order valence-electron chi connectivity index (χ1n) is 4.18. The Hall–Kier alpha value is -1.84. The second kappa shape index (κ2) is 4.41. The van der Waals surface area contributed by atoms with Crippen molar-refractivity contribution in [2.75, 3.05) is 5.32 Å². The molecular weight excluding hydrogens is 182 g/mol. The number of carboxylic acid groups (broad SMARTS) is 1. The van der Waals surface area contributed by atoms with Gasteiger partial charge in [-0.25, -0.2) is 0 Å². The van der Waals surface area contributed by atoms with Crippen molar-refractivity contribution < 1.29 is 14.7 Å². The average molecular weight is 193 g/mol. The highest BCUT2D eigenvalue weighted by molar-refractivity contribution is 5.76. The van der Waals surface area contributed by atoms with Crippen molar-refractivity contribution in [3.8, 4) is 0 Å². The van der Waals surface area contributed by atoms with Gasteiger partial charge in [0.05, 0.1) is 5.92 Å². The molecule has 1 unspecified atom stereocenters. The average Bonchev–Trinajstić information content (AvgIpc) is 2.18. The Bertz CT molecular complexity index is 332. The molecule has 1 atom stereocenters. The van der Waals surface area contributed by atoms with Crippen LogP contribution in [0, 0.1) is 0 Å². The predicted molar refractivity (Wildman–Crippen MR) is 52.2 cm³/mol. The van der Waals surface area contributed by atoms with E-state index in [4.69, 9.17) is 5.11 Å². The Balaban J connectivity index is 2.82. The molecule has 1 aromatic rings. The molecule has 4 nitrogen and oxygen atoms in total. The quantitative estimate of drug-likeness (QED) is 0.711.